The van der Waals surface area contributed by atoms with Gasteiger partial charge in [0.1, 0.15) is 11.6 Å². The number of halogens is 1. The van der Waals surface area contributed by atoms with Gasteiger partial charge in [-0.15, -0.1) is 0 Å². The molecule has 0 unspecified atom stereocenters. The molecule has 7 nitrogen and oxygen atoms in total. The van der Waals surface area contributed by atoms with Gasteiger partial charge in [0, 0.05) is 37.6 Å². The average molecular weight is 441 g/mol. The van der Waals surface area contributed by atoms with Crippen molar-refractivity contribution in [2.24, 2.45) is 0 Å². The maximum atomic E-state index is 13.4. The standard InChI is InChI=1S/C22H21FN4O3S/c23-19-3-1-2-17(12-19)20-6-5-18(15-24-20)22(28)26-14-16-4-7-21(25-13-16)27-8-10-31(29,30)11-9-27/h1-7,12-13,15H,8-11,14H2,(H,26,28). The van der Waals surface area contributed by atoms with E-state index >= 15 is 0 Å². The number of nitrogens with one attached hydrogen (secondary N) is 1. The highest BCUT2D eigenvalue weighted by Gasteiger charge is 2.22. The van der Waals surface area contributed by atoms with Gasteiger partial charge >= 0.3 is 0 Å². The van der Waals surface area contributed by atoms with Crippen LogP contribution in [0, 0.1) is 5.82 Å². The summed E-state index contributed by atoms with van der Waals surface area (Å²) in [5.74, 6) is 0.383. The summed E-state index contributed by atoms with van der Waals surface area (Å²) in [6, 6.07) is 13.1. The zero-order chi connectivity index (χ0) is 21.8. The number of pyridine rings is 2. The van der Waals surface area contributed by atoms with Gasteiger partial charge in [-0.1, -0.05) is 18.2 Å². The Morgan fingerprint density at radius 3 is 2.48 bits per heavy atom. The van der Waals surface area contributed by atoms with Crippen LogP contribution in [0.1, 0.15) is 15.9 Å². The number of carbonyl (C=O) groups is 1. The molecule has 1 saturated heterocycles. The Bertz CT molecular complexity index is 1170. The van der Waals surface area contributed by atoms with E-state index in [4.69, 9.17) is 0 Å². The van der Waals surface area contributed by atoms with Crippen LogP contribution in [0.3, 0.4) is 0 Å². The van der Waals surface area contributed by atoms with Gasteiger partial charge in [-0.25, -0.2) is 17.8 Å². The van der Waals surface area contributed by atoms with Crippen molar-refractivity contribution in [1.82, 2.24) is 15.3 Å². The maximum absolute atomic E-state index is 13.4. The summed E-state index contributed by atoms with van der Waals surface area (Å²) in [6.07, 6.45) is 3.13. The van der Waals surface area contributed by atoms with Crippen LogP contribution in [0.2, 0.25) is 0 Å². The van der Waals surface area contributed by atoms with E-state index in [2.05, 4.69) is 15.3 Å². The zero-order valence-corrected chi connectivity index (χ0v) is 17.5. The molecule has 31 heavy (non-hydrogen) atoms. The third kappa shape index (κ3) is 5.24. The van der Waals surface area contributed by atoms with Crippen molar-refractivity contribution in [2.75, 3.05) is 29.5 Å². The summed E-state index contributed by atoms with van der Waals surface area (Å²) in [7, 11) is -2.94. The SMILES string of the molecule is O=C(NCc1ccc(N2CCS(=O)(=O)CC2)nc1)c1ccc(-c2cccc(F)c2)nc1. The molecule has 0 bridgehead atoms. The molecule has 1 aliphatic heterocycles. The highest BCUT2D eigenvalue weighted by atomic mass is 32.2. The highest BCUT2D eigenvalue weighted by Crippen LogP contribution is 2.18. The number of hydrogen-bond acceptors (Lipinski definition) is 6. The van der Waals surface area contributed by atoms with Crippen LogP contribution < -0.4 is 10.2 Å². The molecule has 1 aliphatic rings. The number of carbonyl (C=O) groups excluding carboxylic acids is 1. The van der Waals surface area contributed by atoms with Crippen molar-refractivity contribution < 1.29 is 17.6 Å². The molecule has 1 N–H and O–H groups in total. The second kappa shape index (κ2) is 8.81. The van der Waals surface area contributed by atoms with Gasteiger partial charge in [0.2, 0.25) is 0 Å². The number of nitrogens with zero attached hydrogens (tertiary/aromatic N) is 3. The number of aromatic nitrogens is 2. The predicted molar refractivity (Wildman–Crippen MR) is 116 cm³/mol. The number of rotatable bonds is 5. The Balaban J connectivity index is 1.33. The molecular formula is C22H21FN4O3S. The predicted octanol–water partition coefficient (Wildman–Crippen LogP) is 2.45. The van der Waals surface area contributed by atoms with E-state index in [1.54, 1.807) is 30.5 Å². The molecule has 0 saturated carbocycles. The van der Waals surface area contributed by atoms with Crippen LogP contribution in [-0.2, 0) is 16.4 Å². The van der Waals surface area contributed by atoms with E-state index in [9.17, 15) is 17.6 Å². The largest absolute Gasteiger partial charge is 0.355 e. The monoisotopic (exact) mass is 440 g/mol. The van der Waals surface area contributed by atoms with Gasteiger partial charge in [-0.2, -0.15) is 0 Å². The highest BCUT2D eigenvalue weighted by molar-refractivity contribution is 7.91. The van der Waals surface area contributed by atoms with Crippen LogP contribution in [0.25, 0.3) is 11.3 Å². The molecule has 3 aromatic rings. The van der Waals surface area contributed by atoms with Crippen molar-refractivity contribution in [3.63, 3.8) is 0 Å². The van der Waals surface area contributed by atoms with Crippen LogP contribution in [0.15, 0.2) is 60.9 Å². The molecule has 3 heterocycles. The smallest absolute Gasteiger partial charge is 0.253 e. The second-order valence-electron chi connectivity index (χ2n) is 7.29. The Hall–Kier alpha value is -3.33. The lowest BCUT2D eigenvalue weighted by Gasteiger charge is -2.27. The first kappa shape index (κ1) is 20.9. The van der Waals surface area contributed by atoms with Crippen molar-refractivity contribution in [3.05, 3.63) is 77.9 Å². The summed E-state index contributed by atoms with van der Waals surface area (Å²) >= 11 is 0. The summed E-state index contributed by atoms with van der Waals surface area (Å²) in [6.45, 7) is 1.17. The molecule has 1 aromatic carbocycles. The molecular weight excluding hydrogens is 419 g/mol. The van der Waals surface area contributed by atoms with Gasteiger partial charge in [0.15, 0.2) is 9.84 Å². The fourth-order valence-corrected chi connectivity index (χ4v) is 4.48. The van der Waals surface area contributed by atoms with Crippen molar-refractivity contribution >= 4 is 21.6 Å². The quantitative estimate of drug-likeness (QED) is 0.655. The molecule has 1 amide bonds. The molecule has 1 fully saturated rings. The maximum Gasteiger partial charge on any atom is 0.253 e. The van der Waals surface area contributed by atoms with E-state index in [0.717, 1.165) is 11.4 Å². The topological polar surface area (TPSA) is 92.3 Å². The van der Waals surface area contributed by atoms with E-state index in [-0.39, 0.29) is 23.2 Å². The van der Waals surface area contributed by atoms with Crippen LogP contribution >= 0.6 is 0 Å². The minimum Gasteiger partial charge on any atom is -0.355 e. The second-order valence-corrected chi connectivity index (χ2v) is 9.59. The summed E-state index contributed by atoms with van der Waals surface area (Å²) < 4.78 is 36.4. The Kier molecular flexibility index (Phi) is 5.94. The van der Waals surface area contributed by atoms with Crippen LogP contribution in [0.5, 0.6) is 0 Å². The van der Waals surface area contributed by atoms with Gasteiger partial charge in [-0.3, -0.25) is 9.78 Å². The number of amides is 1. The molecule has 0 spiro atoms. The molecule has 0 radical (unpaired) electrons. The first-order chi connectivity index (χ1) is 14.9. The van der Waals surface area contributed by atoms with E-state index < -0.39 is 9.84 Å². The average Bonchev–Trinajstić information content (AvgIpc) is 2.78. The minimum absolute atomic E-state index is 0.137. The Morgan fingerprint density at radius 2 is 1.84 bits per heavy atom. The van der Waals surface area contributed by atoms with Gasteiger partial charge in [0.05, 0.1) is 22.8 Å². The fraction of sp³-hybridized carbons (Fsp3) is 0.227. The molecule has 4 rings (SSSR count). The van der Waals surface area contributed by atoms with Crippen molar-refractivity contribution in [2.45, 2.75) is 6.54 Å². The Labute approximate surface area is 179 Å². The fourth-order valence-electron chi connectivity index (χ4n) is 3.28. The molecule has 160 valence electrons. The van der Waals surface area contributed by atoms with Crippen LogP contribution in [-0.4, -0.2) is 48.9 Å². The van der Waals surface area contributed by atoms with Gasteiger partial charge < -0.3 is 10.2 Å². The first-order valence-corrected chi connectivity index (χ1v) is 11.6. The number of hydrogen-bond donors (Lipinski definition) is 1. The normalized spacial score (nSPS) is 15.5. The van der Waals surface area contributed by atoms with Gasteiger partial charge in [-0.05, 0) is 35.9 Å². The minimum atomic E-state index is -2.94. The lowest BCUT2D eigenvalue weighted by molar-refractivity contribution is 0.0950. The first-order valence-electron chi connectivity index (χ1n) is 9.80. The van der Waals surface area contributed by atoms with E-state index in [1.807, 2.05) is 17.0 Å². The van der Waals surface area contributed by atoms with Crippen molar-refractivity contribution in [3.8, 4) is 11.3 Å². The number of anilines is 1. The lowest BCUT2D eigenvalue weighted by Crippen LogP contribution is -2.40. The third-order valence-electron chi connectivity index (χ3n) is 5.08. The third-order valence-corrected chi connectivity index (χ3v) is 6.69. The Morgan fingerprint density at radius 1 is 1.03 bits per heavy atom. The zero-order valence-electron chi connectivity index (χ0n) is 16.7. The molecule has 2 aromatic heterocycles. The van der Waals surface area contributed by atoms with Gasteiger partial charge in [0.25, 0.3) is 5.91 Å². The molecule has 0 atom stereocenters. The summed E-state index contributed by atoms with van der Waals surface area (Å²) in [4.78, 5) is 23.0. The number of sulfone groups is 1. The summed E-state index contributed by atoms with van der Waals surface area (Å²) in [5, 5.41) is 2.82. The van der Waals surface area contributed by atoms with E-state index in [0.29, 0.717) is 36.5 Å². The molecule has 9 heteroatoms. The number of benzene rings is 1. The summed E-state index contributed by atoms with van der Waals surface area (Å²) in [5.41, 5.74) is 2.45. The van der Waals surface area contributed by atoms with E-state index in [1.165, 1.54) is 18.3 Å². The van der Waals surface area contributed by atoms with Crippen LogP contribution in [0.4, 0.5) is 10.2 Å². The lowest BCUT2D eigenvalue weighted by atomic mass is 10.1. The van der Waals surface area contributed by atoms with Crippen molar-refractivity contribution in [1.29, 1.82) is 0 Å². The molecule has 0 aliphatic carbocycles.